The predicted molar refractivity (Wildman–Crippen MR) is 93.7 cm³/mol. The van der Waals surface area contributed by atoms with Crippen LogP contribution in [0, 0.1) is 11.8 Å². The highest BCUT2D eigenvalue weighted by atomic mass is 16.1. The van der Waals surface area contributed by atoms with Crippen LogP contribution in [0.15, 0.2) is 16.9 Å². The maximum absolute atomic E-state index is 12.1. The second-order valence-corrected chi connectivity index (χ2v) is 8.53. The summed E-state index contributed by atoms with van der Waals surface area (Å²) in [4.78, 5) is 14.7. The first-order valence-corrected chi connectivity index (χ1v) is 9.23. The van der Waals surface area contributed by atoms with Crippen LogP contribution >= 0.6 is 0 Å². The molecule has 1 aliphatic heterocycles. The Kier molecular flexibility index (Phi) is 4.90. The summed E-state index contributed by atoms with van der Waals surface area (Å²) in [6, 6.07) is 3.55. The fourth-order valence-corrected chi connectivity index (χ4v) is 3.62. The molecule has 1 saturated heterocycles. The summed E-state index contributed by atoms with van der Waals surface area (Å²) < 4.78 is 1.70. The van der Waals surface area contributed by atoms with Gasteiger partial charge in [0.25, 0.3) is 5.56 Å². The van der Waals surface area contributed by atoms with Gasteiger partial charge in [-0.15, -0.1) is 0 Å². The molecule has 1 aliphatic carbocycles. The summed E-state index contributed by atoms with van der Waals surface area (Å²) >= 11 is 0. The molecule has 0 radical (unpaired) electrons. The first kappa shape index (κ1) is 16.7. The van der Waals surface area contributed by atoms with Gasteiger partial charge in [-0.3, -0.25) is 4.79 Å². The molecule has 0 amide bonds. The molecule has 2 aliphatic rings. The smallest absolute Gasteiger partial charge is 0.266 e. The number of hydrogen-bond acceptors (Lipinski definition) is 3. The van der Waals surface area contributed by atoms with Crippen molar-refractivity contribution < 1.29 is 0 Å². The SMILES string of the molecule is CC(C)(C)c1ccc(=O)n(CC2CCN(CC3CCC3)CC2)n1. The van der Waals surface area contributed by atoms with Gasteiger partial charge in [-0.1, -0.05) is 27.2 Å². The van der Waals surface area contributed by atoms with Crippen LogP contribution < -0.4 is 5.56 Å². The van der Waals surface area contributed by atoms with Gasteiger partial charge in [0.15, 0.2) is 0 Å². The van der Waals surface area contributed by atoms with Gasteiger partial charge in [0, 0.05) is 24.6 Å². The third kappa shape index (κ3) is 4.23. The maximum Gasteiger partial charge on any atom is 0.266 e. The van der Waals surface area contributed by atoms with Gasteiger partial charge in [-0.05, 0) is 56.7 Å². The predicted octanol–water partition coefficient (Wildman–Crippen LogP) is 3.05. The Morgan fingerprint density at radius 3 is 2.26 bits per heavy atom. The largest absolute Gasteiger partial charge is 0.303 e. The zero-order valence-electron chi connectivity index (χ0n) is 14.9. The lowest BCUT2D eigenvalue weighted by Gasteiger charge is -2.37. The topological polar surface area (TPSA) is 38.1 Å². The van der Waals surface area contributed by atoms with Crippen LogP contribution in [0.2, 0.25) is 0 Å². The van der Waals surface area contributed by atoms with E-state index in [9.17, 15) is 4.79 Å². The molecule has 1 aromatic rings. The molecule has 4 nitrogen and oxygen atoms in total. The molecule has 0 atom stereocenters. The van der Waals surface area contributed by atoms with Crippen LogP contribution in [-0.4, -0.2) is 34.3 Å². The van der Waals surface area contributed by atoms with E-state index in [1.165, 1.54) is 51.7 Å². The molecule has 2 fully saturated rings. The van der Waals surface area contributed by atoms with Gasteiger partial charge >= 0.3 is 0 Å². The molecular weight excluding hydrogens is 286 g/mol. The minimum absolute atomic E-state index is 0.0123. The molecule has 0 spiro atoms. The standard InChI is InChI=1S/C19H31N3O/c1-19(2,3)17-7-8-18(23)22(20-17)14-16-9-11-21(12-10-16)13-15-5-4-6-15/h7-8,15-16H,4-6,9-14H2,1-3H3. The summed E-state index contributed by atoms with van der Waals surface area (Å²) in [7, 11) is 0. The Morgan fingerprint density at radius 2 is 1.70 bits per heavy atom. The minimum Gasteiger partial charge on any atom is -0.303 e. The summed E-state index contributed by atoms with van der Waals surface area (Å²) in [6.07, 6.45) is 6.68. The molecule has 0 aromatic carbocycles. The summed E-state index contributed by atoms with van der Waals surface area (Å²) in [5.74, 6) is 1.55. The fraction of sp³-hybridized carbons (Fsp3) is 0.789. The lowest BCUT2D eigenvalue weighted by molar-refractivity contribution is 0.124. The minimum atomic E-state index is -0.0123. The zero-order valence-corrected chi connectivity index (χ0v) is 14.9. The third-order valence-electron chi connectivity index (χ3n) is 5.51. The van der Waals surface area contributed by atoms with Crippen molar-refractivity contribution in [1.82, 2.24) is 14.7 Å². The molecule has 3 rings (SSSR count). The van der Waals surface area contributed by atoms with E-state index < -0.39 is 0 Å². The van der Waals surface area contributed by atoms with E-state index in [2.05, 4.69) is 30.8 Å². The Bertz CT molecular complexity index is 575. The number of hydrogen-bond donors (Lipinski definition) is 0. The average molecular weight is 317 g/mol. The molecule has 0 bridgehead atoms. The quantitative estimate of drug-likeness (QED) is 0.856. The van der Waals surface area contributed by atoms with E-state index in [4.69, 9.17) is 0 Å². The molecule has 128 valence electrons. The molecule has 4 heteroatoms. The third-order valence-corrected chi connectivity index (χ3v) is 5.51. The number of piperidine rings is 1. The second kappa shape index (κ2) is 6.76. The van der Waals surface area contributed by atoms with Crippen molar-refractivity contribution >= 4 is 0 Å². The van der Waals surface area contributed by atoms with Crippen LogP contribution in [0.25, 0.3) is 0 Å². The Balaban J connectivity index is 1.56. The van der Waals surface area contributed by atoms with Crippen molar-refractivity contribution in [2.75, 3.05) is 19.6 Å². The van der Waals surface area contributed by atoms with Crippen LogP contribution in [0.3, 0.4) is 0 Å². The van der Waals surface area contributed by atoms with Crippen molar-refractivity contribution in [1.29, 1.82) is 0 Å². The van der Waals surface area contributed by atoms with E-state index in [-0.39, 0.29) is 11.0 Å². The van der Waals surface area contributed by atoms with Crippen LogP contribution in [0.5, 0.6) is 0 Å². The molecule has 0 unspecified atom stereocenters. The second-order valence-electron chi connectivity index (χ2n) is 8.53. The number of aromatic nitrogens is 2. The lowest BCUT2D eigenvalue weighted by Crippen LogP contribution is -2.40. The highest BCUT2D eigenvalue weighted by molar-refractivity contribution is 5.10. The van der Waals surface area contributed by atoms with E-state index >= 15 is 0 Å². The lowest BCUT2D eigenvalue weighted by atomic mass is 9.84. The summed E-state index contributed by atoms with van der Waals surface area (Å²) in [5, 5.41) is 4.62. The Labute approximate surface area is 139 Å². The van der Waals surface area contributed by atoms with E-state index in [0.29, 0.717) is 5.92 Å². The van der Waals surface area contributed by atoms with Crippen molar-refractivity contribution in [2.45, 2.75) is 64.8 Å². The molecule has 2 heterocycles. The number of rotatable bonds is 4. The van der Waals surface area contributed by atoms with Crippen molar-refractivity contribution in [3.8, 4) is 0 Å². The molecule has 1 saturated carbocycles. The van der Waals surface area contributed by atoms with Crippen molar-refractivity contribution in [3.05, 3.63) is 28.2 Å². The molecule has 23 heavy (non-hydrogen) atoms. The van der Waals surface area contributed by atoms with Crippen LogP contribution in [-0.2, 0) is 12.0 Å². The van der Waals surface area contributed by atoms with E-state index in [1.54, 1.807) is 10.7 Å². The van der Waals surface area contributed by atoms with Crippen molar-refractivity contribution in [3.63, 3.8) is 0 Å². The highest BCUT2D eigenvalue weighted by Gasteiger charge is 2.25. The molecule has 0 N–H and O–H groups in total. The van der Waals surface area contributed by atoms with E-state index in [1.807, 2.05) is 6.07 Å². The Morgan fingerprint density at radius 1 is 1.04 bits per heavy atom. The summed E-state index contributed by atoms with van der Waals surface area (Å²) in [5.41, 5.74) is 1.02. The van der Waals surface area contributed by atoms with Crippen LogP contribution in [0.4, 0.5) is 0 Å². The van der Waals surface area contributed by atoms with Crippen molar-refractivity contribution in [2.24, 2.45) is 11.8 Å². The normalized spacial score (nSPS) is 21.3. The van der Waals surface area contributed by atoms with Gasteiger partial charge in [-0.25, -0.2) is 4.68 Å². The maximum atomic E-state index is 12.1. The van der Waals surface area contributed by atoms with Gasteiger partial charge in [0.1, 0.15) is 0 Å². The first-order chi connectivity index (χ1) is 10.9. The number of likely N-dealkylation sites (tertiary alicyclic amines) is 1. The fourth-order valence-electron chi connectivity index (χ4n) is 3.62. The summed E-state index contributed by atoms with van der Waals surface area (Å²) in [6.45, 7) is 10.9. The van der Waals surface area contributed by atoms with E-state index in [0.717, 1.165) is 18.2 Å². The van der Waals surface area contributed by atoms with Gasteiger partial charge < -0.3 is 4.90 Å². The molecular formula is C19H31N3O. The first-order valence-electron chi connectivity index (χ1n) is 9.23. The Hall–Kier alpha value is -1.16. The van der Waals surface area contributed by atoms with Gasteiger partial charge in [0.05, 0.1) is 5.69 Å². The highest BCUT2D eigenvalue weighted by Crippen LogP contribution is 2.29. The zero-order chi connectivity index (χ0) is 16.4. The average Bonchev–Trinajstić information content (AvgIpc) is 2.45. The monoisotopic (exact) mass is 317 g/mol. The van der Waals surface area contributed by atoms with Gasteiger partial charge in [-0.2, -0.15) is 5.10 Å². The molecule has 1 aromatic heterocycles. The van der Waals surface area contributed by atoms with Crippen LogP contribution in [0.1, 0.15) is 58.6 Å². The number of nitrogens with zero attached hydrogens (tertiary/aromatic N) is 3. The van der Waals surface area contributed by atoms with Gasteiger partial charge in [0.2, 0.25) is 0 Å².